The summed E-state index contributed by atoms with van der Waals surface area (Å²) in [4.78, 5) is 21.7. The van der Waals surface area contributed by atoms with Crippen molar-refractivity contribution in [2.45, 2.75) is 70.4 Å². The highest BCUT2D eigenvalue weighted by molar-refractivity contribution is 7.92. The lowest BCUT2D eigenvalue weighted by molar-refractivity contribution is 0.588. The zero-order chi connectivity index (χ0) is 31.3. The van der Waals surface area contributed by atoms with Gasteiger partial charge in [0.1, 0.15) is 5.82 Å². The van der Waals surface area contributed by atoms with Crippen LogP contribution in [0.3, 0.4) is 0 Å². The minimum absolute atomic E-state index is 0.0127. The third-order valence-electron chi connectivity index (χ3n) is 7.52. The van der Waals surface area contributed by atoms with Gasteiger partial charge in [0, 0.05) is 24.7 Å². The molecule has 3 aromatic carbocycles. The lowest BCUT2D eigenvalue weighted by Crippen LogP contribution is -2.25. The third kappa shape index (κ3) is 7.31. The molecule has 0 aliphatic heterocycles. The van der Waals surface area contributed by atoms with Crippen LogP contribution >= 0.6 is 0 Å². The first kappa shape index (κ1) is 30.9. The maximum atomic E-state index is 13.0. The van der Waals surface area contributed by atoms with Crippen LogP contribution in [-0.4, -0.2) is 32.7 Å². The Bertz CT molecular complexity index is 1870. The highest BCUT2D eigenvalue weighted by Crippen LogP contribution is 2.23. The second-order valence-corrected chi connectivity index (χ2v) is 13.5. The smallest absolute Gasteiger partial charge is 0.279 e. The number of aromatic nitrogens is 5. The van der Waals surface area contributed by atoms with Crippen molar-refractivity contribution in [2.75, 3.05) is 4.72 Å². The van der Waals surface area contributed by atoms with Crippen LogP contribution in [0.4, 0.5) is 5.95 Å². The largest absolute Gasteiger partial charge is 0.346 e. The number of anilines is 1. The minimum atomic E-state index is -3.78. The molecule has 0 aliphatic rings. The molecule has 0 saturated carbocycles. The Morgan fingerprint density at radius 1 is 0.841 bits per heavy atom. The van der Waals surface area contributed by atoms with Crippen molar-refractivity contribution in [2.24, 2.45) is 0 Å². The molecule has 1 N–H and O–H groups in total. The summed E-state index contributed by atoms with van der Waals surface area (Å²) in [5.41, 5.74) is 4.93. The monoisotopic (exact) mass is 610 g/mol. The van der Waals surface area contributed by atoms with E-state index in [-0.39, 0.29) is 21.9 Å². The maximum absolute atomic E-state index is 13.0. The summed E-state index contributed by atoms with van der Waals surface area (Å²) in [6.45, 7) is 9.56. The number of hydrogen-bond donors (Lipinski definition) is 1. The molecule has 0 saturated heterocycles. The van der Waals surface area contributed by atoms with Gasteiger partial charge in [-0.2, -0.15) is 5.10 Å². The standard InChI is InChI=1S/C34H38N6O3S/c1-5-39-31(37-40(33(39)41)24-26-16-20-28(21-17-26)34(2,3)4)13-9-10-25-14-18-27(19-15-25)30-22-23-35-32(36-30)38-44(42,43)29-11-7-6-8-12-29/h6-8,11-12,14-23H,5,9-10,13,24H2,1-4H3,(H,35,36,38). The lowest BCUT2D eigenvalue weighted by Gasteiger charge is -2.19. The van der Waals surface area contributed by atoms with Gasteiger partial charge in [-0.1, -0.05) is 87.5 Å². The first-order chi connectivity index (χ1) is 21.0. The van der Waals surface area contributed by atoms with Gasteiger partial charge in [-0.3, -0.25) is 4.57 Å². The summed E-state index contributed by atoms with van der Waals surface area (Å²) in [5.74, 6) is 0.811. The molecule has 5 aromatic rings. The predicted octanol–water partition coefficient (Wildman–Crippen LogP) is 5.84. The summed E-state index contributed by atoms with van der Waals surface area (Å²) < 4.78 is 31.1. The Hall–Kier alpha value is -4.57. The molecule has 0 spiro atoms. The second-order valence-electron chi connectivity index (χ2n) is 11.8. The van der Waals surface area contributed by atoms with Crippen LogP contribution in [0.1, 0.15) is 56.6 Å². The van der Waals surface area contributed by atoms with E-state index in [1.54, 1.807) is 33.5 Å². The molecule has 0 bridgehead atoms. The van der Waals surface area contributed by atoms with Gasteiger partial charge in [-0.25, -0.2) is 32.6 Å². The predicted molar refractivity (Wildman–Crippen MR) is 173 cm³/mol. The summed E-state index contributed by atoms with van der Waals surface area (Å²) in [6.07, 6.45) is 3.89. The topological polar surface area (TPSA) is 112 Å². The number of rotatable bonds is 11. The van der Waals surface area contributed by atoms with Gasteiger partial charge >= 0.3 is 5.69 Å². The molecule has 0 aliphatic carbocycles. The van der Waals surface area contributed by atoms with E-state index in [0.717, 1.165) is 35.4 Å². The van der Waals surface area contributed by atoms with Crippen molar-refractivity contribution in [3.63, 3.8) is 0 Å². The number of benzene rings is 3. The van der Waals surface area contributed by atoms with E-state index in [1.807, 2.05) is 31.2 Å². The van der Waals surface area contributed by atoms with Gasteiger partial charge in [0.05, 0.1) is 17.1 Å². The van der Waals surface area contributed by atoms with Crippen LogP contribution in [0, 0.1) is 0 Å². The molecule has 0 amide bonds. The summed E-state index contributed by atoms with van der Waals surface area (Å²) >= 11 is 0. The molecular formula is C34H38N6O3S. The van der Waals surface area contributed by atoms with E-state index in [1.165, 1.54) is 23.9 Å². The van der Waals surface area contributed by atoms with Crippen molar-refractivity contribution in [3.05, 3.63) is 124 Å². The molecule has 0 atom stereocenters. The van der Waals surface area contributed by atoms with Crippen molar-refractivity contribution in [1.82, 2.24) is 24.3 Å². The number of sulfonamides is 1. The van der Waals surface area contributed by atoms with Gasteiger partial charge < -0.3 is 0 Å². The fourth-order valence-corrected chi connectivity index (χ4v) is 5.99. The summed E-state index contributed by atoms with van der Waals surface area (Å²) in [7, 11) is -3.78. The molecule has 2 heterocycles. The van der Waals surface area contributed by atoms with Gasteiger partial charge in [0.15, 0.2) is 0 Å². The Morgan fingerprint density at radius 2 is 1.52 bits per heavy atom. The molecule has 10 heteroatoms. The van der Waals surface area contributed by atoms with Gasteiger partial charge in [0.25, 0.3) is 10.0 Å². The maximum Gasteiger partial charge on any atom is 0.346 e. The number of nitrogens with one attached hydrogen (secondary N) is 1. The molecule has 0 unspecified atom stereocenters. The third-order valence-corrected chi connectivity index (χ3v) is 8.86. The SMILES string of the molecule is CCn1c(CCCc2ccc(-c3ccnc(NS(=O)(=O)c4ccccc4)n3)cc2)nn(Cc2ccc(C(C)(C)C)cc2)c1=O. The van der Waals surface area contributed by atoms with Crippen LogP contribution in [0.25, 0.3) is 11.3 Å². The normalized spacial score (nSPS) is 11.9. The highest BCUT2D eigenvalue weighted by atomic mass is 32.2. The number of nitrogens with zero attached hydrogens (tertiary/aromatic N) is 5. The molecule has 0 fully saturated rings. The average Bonchev–Trinajstić information content (AvgIpc) is 3.31. The zero-order valence-electron chi connectivity index (χ0n) is 25.6. The average molecular weight is 611 g/mol. The summed E-state index contributed by atoms with van der Waals surface area (Å²) in [5, 5.41) is 4.69. The first-order valence-electron chi connectivity index (χ1n) is 14.8. The molecule has 2 aromatic heterocycles. The van der Waals surface area contributed by atoms with Crippen LogP contribution in [0.15, 0.2) is 101 Å². The molecule has 5 rings (SSSR count). The fraction of sp³-hybridized carbons (Fsp3) is 0.294. The van der Waals surface area contributed by atoms with Gasteiger partial charge in [-0.05, 0) is 60.1 Å². The Balaban J connectivity index is 1.20. The number of aryl methyl sites for hydroxylation is 2. The van der Waals surface area contributed by atoms with Crippen molar-refractivity contribution in [3.8, 4) is 11.3 Å². The quantitative estimate of drug-likeness (QED) is 0.201. The molecule has 9 nitrogen and oxygen atoms in total. The number of hydrogen-bond acceptors (Lipinski definition) is 6. The van der Waals surface area contributed by atoms with Crippen LogP contribution < -0.4 is 10.4 Å². The molecule has 0 radical (unpaired) electrons. The van der Waals surface area contributed by atoms with Crippen molar-refractivity contribution < 1.29 is 8.42 Å². The van der Waals surface area contributed by atoms with E-state index in [0.29, 0.717) is 25.2 Å². The van der Waals surface area contributed by atoms with Gasteiger partial charge in [0.2, 0.25) is 5.95 Å². The molecular weight excluding hydrogens is 572 g/mol. The van der Waals surface area contributed by atoms with Crippen LogP contribution in [0.2, 0.25) is 0 Å². The van der Waals surface area contributed by atoms with E-state index in [9.17, 15) is 13.2 Å². The Labute approximate surface area is 258 Å². The first-order valence-corrected chi connectivity index (χ1v) is 16.3. The molecule has 228 valence electrons. The van der Waals surface area contributed by atoms with E-state index in [4.69, 9.17) is 0 Å². The van der Waals surface area contributed by atoms with E-state index >= 15 is 0 Å². The Kier molecular flexibility index (Phi) is 9.10. The highest BCUT2D eigenvalue weighted by Gasteiger charge is 2.17. The van der Waals surface area contributed by atoms with E-state index in [2.05, 4.69) is 64.8 Å². The van der Waals surface area contributed by atoms with Crippen molar-refractivity contribution >= 4 is 16.0 Å². The van der Waals surface area contributed by atoms with Crippen LogP contribution in [-0.2, 0) is 41.4 Å². The molecule has 44 heavy (non-hydrogen) atoms. The Morgan fingerprint density at radius 3 is 2.18 bits per heavy atom. The van der Waals surface area contributed by atoms with E-state index < -0.39 is 10.0 Å². The van der Waals surface area contributed by atoms with Crippen molar-refractivity contribution in [1.29, 1.82) is 0 Å². The van der Waals surface area contributed by atoms with Crippen LogP contribution in [0.5, 0.6) is 0 Å². The summed E-state index contributed by atoms with van der Waals surface area (Å²) in [6, 6.07) is 26.3. The van der Waals surface area contributed by atoms with Gasteiger partial charge in [-0.15, -0.1) is 0 Å². The minimum Gasteiger partial charge on any atom is -0.279 e. The fourth-order valence-electron chi connectivity index (χ4n) is 5.01. The second kappa shape index (κ2) is 13.0. The zero-order valence-corrected chi connectivity index (χ0v) is 26.4. The lowest BCUT2D eigenvalue weighted by atomic mass is 9.87.